The van der Waals surface area contributed by atoms with Gasteiger partial charge in [-0.25, -0.2) is 9.59 Å². The van der Waals surface area contributed by atoms with Gasteiger partial charge in [-0.15, -0.1) is 0 Å². The first kappa shape index (κ1) is 13.4. The zero-order chi connectivity index (χ0) is 11.8. The predicted octanol–water partition coefficient (Wildman–Crippen LogP) is 0.484. The van der Waals surface area contributed by atoms with Crippen LogP contribution in [0.15, 0.2) is 12.2 Å². The molecular formula is C10H14O5. The summed E-state index contributed by atoms with van der Waals surface area (Å²) < 4.78 is 9.34. The van der Waals surface area contributed by atoms with E-state index in [1.165, 1.54) is 0 Å². The molecule has 0 amide bonds. The Morgan fingerprint density at radius 1 is 1.33 bits per heavy atom. The summed E-state index contributed by atoms with van der Waals surface area (Å²) in [4.78, 5) is 31.3. The van der Waals surface area contributed by atoms with Gasteiger partial charge in [-0.2, -0.15) is 0 Å². The van der Waals surface area contributed by atoms with Crippen molar-refractivity contribution in [2.24, 2.45) is 5.92 Å². The Balaban J connectivity index is 3.70. The Bertz CT molecular complexity index is 269. The van der Waals surface area contributed by atoms with Crippen molar-refractivity contribution in [1.29, 1.82) is 0 Å². The van der Waals surface area contributed by atoms with E-state index in [2.05, 4.69) is 11.3 Å². The van der Waals surface area contributed by atoms with Gasteiger partial charge in [0.05, 0.1) is 13.2 Å². The normalized spacial score (nSPS) is 11.3. The lowest BCUT2D eigenvalue weighted by Crippen LogP contribution is -2.19. The van der Waals surface area contributed by atoms with Gasteiger partial charge in [-0.1, -0.05) is 13.5 Å². The highest BCUT2D eigenvalue weighted by Gasteiger charge is 2.10. The summed E-state index contributed by atoms with van der Waals surface area (Å²) in [6.45, 7) is 6.85. The molecule has 84 valence electrons. The van der Waals surface area contributed by atoms with E-state index in [4.69, 9.17) is 4.74 Å². The van der Waals surface area contributed by atoms with E-state index >= 15 is 0 Å². The topological polar surface area (TPSA) is 69.7 Å². The third-order valence-corrected chi connectivity index (χ3v) is 1.45. The molecule has 0 aromatic carbocycles. The average molecular weight is 214 g/mol. The Labute approximate surface area is 88.0 Å². The molecule has 0 saturated heterocycles. The molecule has 0 aromatic heterocycles. The zero-order valence-corrected chi connectivity index (χ0v) is 8.82. The lowest BCUT2D eigenvalue weighted by Gasteiger charge is -2.11. The van der Waals surface area contributed by atoms with Crippen LogP contribution in [0, 0.1) is 5.92 Å². The quantitative estimate of drug-likeness (QED) is 0.278. The molecule has 0 bridgehead atoms. The van der Waals surface area contributed by atoms with Gasteiger partial charge < -0.3 is 9.47 Å². The van der Waals surface area contributed by atoms with E-state index in [9.17, 15) is 14.4 Å². The Morgan fingerprint density at radius 3 is 2.33 bits per heavy atom. The van der Waals surface area contributed by atoms with Gasteiger partial charge in [-0.05, 0) is 6.92 Å². The molecule has 5 nitrogen and oxygen atoms in total. The highest BCUT2D eigenvalue weighted by Crippen LogP contribution is 2.00. The minimum absolute atomic E-state index is 0.0427. The minimum atomic E-state index is -0.923. The van der Waals surface area contributed by atoms with E-state index < -0.39 is 11.9 Å². The van der Waals surface area contributed by atoms with Crippen LogP contribution in [0.5, 0.6) is 0 Å². The molecule has 15 heavy (non-hydrogen) atoms. The second-order valence-electron chi connectivity index (χ2n) is 3.23. The van der Waals surface area contributed by atoms with Crippen molar-refractivity contribution in [3.8, 4) is 0 Å². The largest absolute Gasteiger partial charge is 0.462 e. The molecule has 0 N–H and O–H groups in total. The van der Waals surface area contributed by atoms with Crippen molar-refractivity contribution in [1.82, 2.24) is 0 Å². The maximum Gasteiger partial charge on any atom is 0.371 e. The summed E-state index contributed by atoms with van der Waals surface area (Å²) in [5, 5.41) is 0. The highest BCUT2D eigenvalue weighted by atomic mass is 16.5. The first-order chi connectivity index (χ1) is 6.97. The van der Waals surface area contributed by atoms with Gasteiger partial charge in [0.25, 0.3) is 0 Å². The van der Waals surface area contributed by atoms with Crippen LogP contribution >= 0.6 is 0 Å². The van der Waals surface area contributed by atoms with Crippen LogP contribution in [0.2, 0.25) is 0 Å². The van der Waals surface area contributed by atoms with Gasteiger partial charge in [0.15, 0.2) is 0 Å². The van der Waals surface area contributed by atoms with Crippen LogP contribution in [0.3, 0.4) is 0 Å². The van der Waals surface area contributed by atoms with Gasteiger partial charge >= 0.3 is 11.9 Å². The second kappa shape index (κ2) is 6.75. The van der Waals surface area contributed by atoms with Crippen LogP contribution < -0.4 is 0 Å². The van der Waals surface area contributed by atoms with Crippen LogP contribution in [0.25, 0.3) is 0 Å². The van der Waals surface area contributed by atoms with Crippen molar-refractivity contribution in [3.63, 3.8) is 0 Å². The number of esters is 2. The fourth-order valence-corrected chi connectivity index (χ4v) is 0.648. The third-order valence-electron chi connectivity index (χ3n) is 1.45. The van der Waals surface area contributed by atoms with Crippen molar-refractivity contribution in [2.45, 2.75) is 13.8 Å². The number of ether oxygens (including phenoxy) is 2. The SMILES string of the molecule is C=C(C)C(=O)OCC(C)COC(=O)C=O. The molecule has 0 radical (unpaired) electrons. The fourth-order valence-electron chi connectivity index (χ4n) is 0.648. The van der Waals surface area contributed by atoms with E-state index in [-0.39, 0.29) is 25.4 Å². The summed E-state index contributed by atoms with van der Waals surface area (Å²) in [5.41, 5.74) is 0.312. The van der Waals surface area contributed by atoms with Crippen LogP contribution in [0.1, 0.15) is 13.8 Å². The smallest absolute Gasteiger partial charge is 0.371 e. The maximum absolute atomic E-state index is 11.0. The Kier molecular flexibility index (Phi) is 6.01. The van der Waals surface area contributed by atoms with Crippen molar-refractivity contribution < 1.29 is 23.9 Å². The summed E-state index contributed by atoms with van der Waals surface area (Å²) in [5.74, 6) is -1.56. The van der Waals surface area contributed by atoms with Crippen LogP contribution in [-0.4, -0.2) is 31.4 Å². The molecule has 0 heterocycles. The van der Waals surface area contributed by atoms with E-state index in [0.717, 1.165) is 0 Å². The van der Waals surface area contributed by atoms with Crippen molar-refractivity contribution >= 4 is 18.2 Å². The first-order valence-electron chi connectivity index (χ1n) is 4.42. The third kappa shape index (κ3) is 6.42. The average Bonchev–Trinajstić information content (AvgIpc) is 2.21. The molecule has 0 saturated carbocycles. The van der Waals surface area contributed by atoms with Gasteiger partial charge in [0.1, 0.15) is 0 Å². The first-order valence-corrected chi connectivity index (χ1v) is 4.42. The molecule has 0 aliphatic rings. The van der Waals surface area contributed by atoms with Gasteiger partial charge in [0.2, 0.25) is 6.29 Å². The number of aldehydes is 1. The molecule has 0 aromatic rings. The van der Waals surface area contributed by atoms with Crippen LogP contribution in [-0.2, 0) is 23.9 Å². The number of carbonyl (C=O) groups excluding carboxylic acids is 3. The summed E-state index contributed by atoms with van der Waals surface area (Å²) >= 11 is 0. The Hall–Kier alpha value is -1.65. The molecule has 0 spiro atoms. The molecule has 1 unspecified atom stereocenters. The molecule has 1 atom stereocenters. The van der Waals surface area contributed by atoms with Gasteiger partial charge in [0, 0.05) is 11.5 Å². The van der Waals surface area contributed by atoms with E-state index in [0.29, 0.717) is 5.57 Å². The lowest BCUT2D eigenvalue weighted by molar-refractivity contribution is -0.150. The molecular weight excluding hydrogens is 200 g/mol. The minimum Gasteiger partial charge on any atom is -0.462 e. The summed E-state index contributed by atoms with van der Waals surface area (Å²) in [7, 11) is 0. The second-order valence-corrected chi connectivity index (χ2v) is 3.23. The molecule has 5 heteroatoms. The number of hydrogen-bond donors (Lipinski definition) is 0. The predicted molar refractivity (Wildman–Crippen MR) is 52.0 cm³/mol. The van der Waals surface area contributed by atoms with E-state index in [1.807, 2.05) is 0 Å². The van der Waals surface area contributed by atoms with Crippen molar-refractivity contribution in [2.75, 3.05) is 13.2 Å². The summed E-state index contributed by atoms with van der Waals surface area (Å²) in [6, 6.07) is 0. The zero-order valence-electron chi connectivity index (χ0n) is 8.82. The molecule has 0 aliphatic carbocycles. The molecule has 0 rings (SSSR count). The van der Waals surface area contributed by atoms with Crippen LogP contribution in [0.4, 0.5) is 0 Å². The Morgan fingerprint density at radius 2 is 1.87 bits per heavy atom. The molecule has 0 fully saturated rings. The van der Waals surface area contributed by atoms with E-state index in [1.54, 1.807) is 13.8 Å². The maximum atomic E-state index is 11.0. The number of carbonyl (C=O) groups is 3. The highest BCUT2D eigenvalue weighted by molar-refractivity contribution is 6.20. The number of hydrogen-bond acceptors (Lipinski definition) is 5. The van der Waals surface area contributed by atoms with Crippen molar-refractivity contribution in [3.05, 3.63) is 12.2 Å². The standard InChI is InChI=1S/C10H14O5/c1-7(2)10(13)15-6-8(3)5-14-9(12)4-11/h4,8H,1,5-6H2,2-3H3. The number of rotatable bonds is 6. The van der Waals surface area contributed by atoms with Gasteiger partial charge in [-0.3, -0.25) is 4.79 Å². The molecule has 0 aliphatic heterocycles. The monoisotopic (exact) mass is 214 g/mol. The lowest BCUT2D eigenvalue weighted by atomic mass is 10.2. The fraction of sp³-hybridized carbons (Fsp3) is 0.500. The summed E-state index contributed by atoms with van der Waals surface area (Å²) in [6.07, 6.45) is 0.0899.